The Morgan fingerprint density at radius 1 is 1.40 bits per heavy atom. The van der Waals surface area contributed by atoms with Crippen LogP contribution in [-0.2, 0) is 9.59 Å². The zero-order valence-electron chi connectivity index (χ0n) is 9.16. The van der Waals surface area contributed by atoms with Gasteiger partial charge in [-0.15, -0.1) is 0 Å². The van der Waals surface area contributed by atoms with Crippen molar-refractivity contribution in [2.45, 2.75) is 51.0 Å². The minimum absolute atomic E-state index is 0.141. The summed E-state index contributed by atoms with van der Waals surface area (Å²) in [6, 6.07) is 0. The van der Waals surface area contributed by atoms with E-state index in [9.17, 15) is 14.7 Å². The summed E-state index contributed by atoms with van der Waals surface area (Å²) >= 11 is 0. The molecule has 2 aliphatic rings. The van der Waals surface area contributed by atoms with Crippen LogP contribution < -0.4 is 0 Å². The summed E-state index contributed by atoms with van der Waals surface area (Å²) in [6.45, 7) is 1.84. The molecule has 0 amide bonds. The summed E-state index contributed by atoms with van der Waals surface area (Å²) in [5.74, 6) is -0.205. The maximum Gasteiger partial charge on any atom is 0.141 e. The Morgan fingerprint density at radius 3 is 2.80 bits per heavy atom. The fourth-order valence-electron chi connectivity index (χ4n) is 3.36. The quantitative estimate of drug-likeness (QED) is 0.667. The number of fused-ring (bicyclic) bond motifs is 1. The highest BCUT2D eigenvalue weighted by atomic mass is 16.3. The Bertz CT molecular complexity index is 299. The van der Waals surface area contributed by atoms with Crippen molar-refractivity contribution in [3.8, 4) is 0 Å². The molecule has 0 saturated heterocycles. The average Bonchev–Trinajstić information content (AvgIpc) is 2.20. The number of hydrogen-bond acceptors (Lipinski definition) is 3. The molecule has 0 aromatic carbocycles. The van der Waals surface area contributed by atoms with Crippen LogP contribution in [0.2, 0.25) is 0 Å². The van der Waals surface area contributed by atoms with Crippen molar-refractivity contribution in [3.63, 3.8) is 0 Å². The number of rotatable bonds is 1. The van der Waals surface area contributed by atoms with Gasteiger partial charge in [-0.3, -0.25) is 4.79 Å². The molecule has 0 spiro atoms. The van der Waals surface area contributed by atoms with Crippen molar-refractivity contribution in [2.75, 3.05) is 0 Å². The molecule has 0 aromatic heterocycles. The Kier molecular flexibility index (Phi) is 2.45. The Hall–Kier alpha value is -0.700. The van der Waals surface area contributed by atoms with Gasteiger partial charge in [-0.1, -0.05) is 6.42 Å². The van der Waals surface area contributed by atoms with Gasteiger partial charge < -0.3 is 9.90 Å². The van der Waals surface area contributed by atoms with Gasteiger partial charge in [0.2, 0.25) is 0 Å². The fourth-order valence-corrected chi connectivity index (χ4v) is 3.36. The summed E-state index contributed by atoms with van der Waals surface area (Å²) in [5.41, 5.74) is -1.74. The van der Waals surface area contributed by atoms with Crippen LogP contribution in [0.1, 0.15) is 45.4 Å². The van der Waals surface area contributed by atoms with Crippen LogP contribution in [0.3, 0.4) is 0 Å². The molecule has 1 N–H and O–H groups in total. The highest BCUT2D eigenvalue weighted by Crippen LogP contribution is 2.53. The van der Waals surface area contributed by atoms with E-state index in [-0.39, 0.29) is 11.7 Å². The minimum atomic E-state index is -1.07. The van der Waals surface area contributed by atoms with Gasteiger partial charge in [0.25, 0.3) is 0 Å². The molecule has 0 aromatic rings. The molecule has 3 nitrogen and oxygen atoms in total. The fraction of sp³-hybridized carbons (Fsp3) is 0.833. The molecule has 3 heteroatoms. The lowest BCUT2D eigenvalue weighted by molar-refractivity contribution is -0.179. The lowest BCUT2D eigenvalue weighted by Crippen LogP contribution is -2.60. The molecule has 0 bridgehead atoms. The number of Topliss-reactive ketones (excluding diaryl/α,β-unsaturated/α-hetero) is 1. The van der Waals surface area contributed by atoms with E-state index in [2.05, 4.69) is 0 Å². The molecule has 2 aliphatic carbocycles. The number of carbonyl (C=O) groups is 2. The van der Waals surface area contributed by atoms with Crippen molar-refractivity contribution in [3.05, 3.63) is 0 Å². The van der Waals surface area contributed by atoms with Crippen LogP contribution in [0.4, 0.5) is 0 Å². The zero-order chi connectivity index (χ0) is 11.1. The summed E-state index contributed by atoms with van der Waals surface area (Å²) in [4.78, 5) is 22.9. The van der Waals surface area contributed by atoms with Gasteiger partial charge >= 0.3 is 0 Å². The predicted octanol–water partition coefficient (Wildman–Crippen LogP) is 1.48. The molecule has 2 fully saturated rings. The van der Waals surface area contributed by atoms with E-state index in [1.54, 1.807) is 0 Å². The van der Waals surface area contributed by atoms with Gasteiger partial charge in [0.05, 0.1) is 11.0 Å². The molecular weight excluding hydrogens is 192 g/mol. The SMILES string of the molecule is C[C@]12CCC[C@H](C=O)[C@@]1(O)CCCC2=O. The second kappa shape index (κ2) is 3.41. The van der Waals surface area contributed by atoms with E-state index < -0.39 is 11.0 Å². The van der Waals surface area contributed by atoms with E-state index in [1.165, 1.54) is 0 Å². The van der Waals surface area contributed by atoms with E-state index in [1.807, 2.05) is 6.92 Å². The topological polar surface area (TPSA) is 54.4 Å². The number of hydrogen-bond donors (Lipinski definition) is 1. The Morgan fingerprint density at radius 2 is 2.13 bits per heavy atom. The Balaban J connectivity index is 2.41. The zero-order valence-corrected chi connectivity index (χ0v) is 9.16. The van der Waals surface area contributed by atoms with Gasteiger partial charge in [0.1, 0.15) is 12.1 Å². The van der Waals surface area contributed by atoms with Gasteiger partial charge in [-0.25, -0.2) is 0 Å². The third-order valence-electron chi connectivity index (χ3n) is 4.50. The standard InChI is InChI=1S/C12H18O3/c1-11-6-2-4-9(8-13)12(11,15)7-3-5-10(11)14/h8-9,15H,2-7H2,1H3/t9-,11-,12+/m1/s1. The van der Waals surface area contributed by atoms with Crippen LogP contribution in [0.25, 0.3) is 0 Å². The molecular formula is C12H18O3. The highest BCUT2D eigenvalue weighted by Gasteiger charge is 2.58. The number of carbonyl (C=O) groups excluding carboxylic acids is 2. The average molecular weight is 210 g/mol. The molecule has 15 heavy (non-hydrogen) atoms. The van der Waals surface area contributed by atoms with Gasteiger partial charge in [0, 0.05) is 12.3 Å². The molecule has 2 saturated carbocycles. The van der Waals surface area contributed by atoms with E-state index in [4.69, 9.17) is 0 Å². The van der Waals surface area contributed by atoms with Crippen LogP contribution in [0.5, 0.6) is 0 Å². The second-order valence-corrected chi connectivity index (χ2v) is 5.17. The molecule has 0 unspecified atom stereocenters. The Labute approximate surface area is 89.9 Å². The van der Waals surface area contributed by atoms with E-state index in [0.29, 0.717) is 12.8 Å². The van der Waals surface area contributed by atoms with E-state index in [0.717, 1.165) is 32.0 Å². The van der Waals surface area contributed by atoms with Gasteiger partial charge in [0.15, 0.2) is 0 Å². The molecule has 2 rings (SSSR count). The summed E-state index contributed by atoms with van der Waals surface area (Å²) in [7, 11) is 0. The van der Waals surface area contributed by atoms with Crippen molar-refractivity contribution in [1.29, 1.82) is 0 Å². The first-order valence-electron chi connectivity index (χ1n) is 5.75. The van der Waals surface area contributed by atoms with Crippen LogP contribution >= 0.6 is 0 Å². The lowest BCUT2D eigenvalue weighted by atomic mass is 9.53. The lowest BCUT2D eigenvalue weighted by Gasteiger charge is -2.53. The third-order valence-corrected chi connectivity index (χ3v) is 4.50. The molecule has 3 atom stereocenters. The first kappa shape index (κ1) is 10.8. The molecule has 84 valence electrons. The highest BCUT2D eigenvalue weighted by molar-refractivity contribution is 5.87. The monoisotopic (exact) mass is 210 g/mol. The van der Waals surface area contributed by atoms with Gasteiger partial charge in [-0.2, -0.15) is 0 Å². The van der Waals surface area contributed by atoms with Crippen molar-refractivity contribution in [1.82, 2.24) is 0 Å². The summed E-state index contributed by atoms with van der Waals surface area (Å²) in [6.07, 6.45) is 5.04. The molecule has 0 radical (unpaired) electrons. The molecule has 0 heterocycles. The first-order valence-corrected chi connectivity index (χ1v) is 5.75. The van der Waals surface area contributed by atoms with Crippen LogP contribution in [-0.4, -0.2) is 22.8 Å². The number of aldehydes is 1. The summed E-state index contributed by atoms with van der Waals surface area (Å²) in [5, 5.41) is 10.6. The van der Waals surface area contributed by atoms with Gasteiger partial charge in [-0.05, 0) is 32.6 Å². The van der Waals surface area contributed by atoms with Crippen LogP contribution in [0, 0.1) is 11.3 Å². The minimum Gasteiger partial charge on any atom is -0.388 e. The first-order chi connectivity index (χ1) is 7.04. The second-order valence-electron chi connectivity index (χ2n) is 5.17. The summed E-state index contributed by atoms with van der Waals surface area (Å²) < 4.78 is 0. The third kappa shape index (κ3) is 1.29. The number of ketones is 1. The number of aliphatic hydroxyl groups is 1. The maximum absolute atomic E-state index is 11.9. The smallest absolute Gasteiger partial charge is 0.141 e. The predicted molar refractivity (Wildman–Crippen MR) is 55.3 cm³/mol. The normalized spacial score (nSPS) is 46.0. The van der Waals surface area contributed by atoms with E-state index >= 15 is 0 Å². The maximum atomic E-state index is 11.9. The van der Waals surface area contributed by atoms with Crippen molar-refractivity contribution >= 4 is 12.1 Å². The van der Waals surface area contributed by atoms with Crippen molar-refractivity contribution in [2.24, 2.45) is 11.3 Å². The largest absolute Gasteiger partial charge is 0.388 e. The molecule has 0 aliphatic heterocycles. The van der Waals surface area contributed by atoms with Crippen molar-refractivity contribution < 1.29 is 14.7 Å². The van der Waals surface area contributed by atoms with Crippen LogP contribution in [0.15, 0.2) is 0 Å².